The van der Waals surface area contributed by atoms with E-state index in [1.54, 1.807) is 17.7 Å². The van der Waals surface area contributed by atoms with Crippen LogP contribution < -0.4 is 9.64 Å². The van der Waals surface area contributed by atoms with E-state index in [2.05, 4.69) is 40.0 Å². The molecule has 1 aliphatic rings. The number of anilines is 1. The number of carbonyl (C=O) groups excluding carboxylic acids is 1. The van der Waals surface area contributed by atoms with Gasteiger partial charge in [-0.1, -0.05) is 35.9 Å². The highest BCUT2D eigenvalue weighted by atomic mass is 32.1. The van der Waals surface area contributed by atoms with Gasteiger partial charge in [-0.05, 0) is 42.1 Å². The van der Waals surface area contributed by atoms with Crippen molar-refractivity contribution in [3.8, 4) is 5.75 Å². The van der Waals surface area contributed by atoms with E-state index in [1.165, 1.54) is 5.56 Å². The highest BCUT2D eigenvalue weighted by Gasteiger charge is 2.24. The number of amides is 1. The fraction of sp³-hybridized carbons (Fsp3) is 0.240. The Morgan fingerprint density at radius 2 is 1.88 bits per heavy atom. The molecular weight excluding hydrogens is 420 g/mol. The smallest absolute Gasteiger partial charge is 0.254 e. The fourth-order valence-corrected chi connectivity index (χ4v) is 4.75. The predicted octanol–water partition coefficient (Wildman–Crippen LogP) is 4.54. The van der Waals surface area contributed by atoms with E-state index in [-0.39, 0.29) is 5.91 Å². The lowest BCUT2D eigenvalue weighted by Gasteiger charge is -2.35. The number of nitrogens with zero attached hydrogens (tertiary/aromatic N) is 4. The van der Waals surface area contributed by atoms with Gasteiger partial charge in [0, 0.05) is 31.7 Å². The van der Waals surface area contributed by atoms with Crippen molar-refractivity contribution < 1.29 is 9.53 Å². The van der Waals surface area contributed by atoms with Crippen molar-refractivity contribution in [1.29, 1.82) is 0 Å². The third-order valence-electron chi connectivity index (χ3n) is 5.68. The fourth-order valence-electron chi connectivity index (χ4n) is 4.02. The largest absolute Gasteiger partial charge is 0.489 e. The number of hydrogen-bond donors (Lipinski definition) is 0. The number of thiophene rings is 1. The number of aromatic nitrogens is 2. The van der Waals surface area contributed by atoms with Crippen molar-refractivity contribution >= 4 is 33.3 Å². The van der Waals surface area contributed by atoms with Crippen molar-refractivity contribution in [2.24, 2.45) is 0 Å². The van der Waals surface area contributed by atoms with Gasteiger partial charge in [-0.25, -0.2) is 9.97 Å². The molecule has 32 heavy (non-hydrogen) atoms. The number of carbonyl (C=O) groups is 1. The summed E-state index contributed by atoms with van der Waals surface area (Å²) in [6.07, 6.45) is 1.62. The van der Waals surface area contributed by atoms with Gasteiger partial charge in [0.15, 0.2) is 0 Å². The van der Waals surface area contributed by atoms with Crippen molar-refractivity contribution in [3.63, 3.8) is 0 Å². The van der Waals surface area contributed by atoms with Gasteiger partial charge >= 0.3 is 0 Å². The van der Waals surface area contributed by atoms with Crippen LogP contribution in [0.5, 0.6) is 5.75 Å². The predicted molar refractivity (Wildman–Crippen MR) is 127 cm³/mol. The molecule has 2 aromatic heterocycles. The van der Waals surface area contributed by atoms with E-state index in [0.29, 0.717) is 31.0 Å². The molecule has 7 heteroatoms. The van der Waals surface area contributed by atoms with Crippen LogP contribution in [0.1, 0.15) is 21.5 Å². The van der Waals surface area contributed by atoms with Crippen LogP contribution in [0, 0.1) is 6.92 Å². The molecule has 4 aromatic rings. The van der Waals surface area contributed by atoms with Gasteiger partial charge in [0.2, 0.25) is 0 Å². The first-order chi connectivity index (χ1) is 15.7. The van der Waals surface area contributed by atoms with Gasteiger partial charge in [0.25, 0.3) is 5.91 Å². The Hall–Kier alpha value is -3.45. The third-order valence-corrected chi connectivity index (χ3v) is 6.50. The first-order valence-corrected chi connectivity index (χ1v) is 11.6. The van der Waals surface area contributed by atoms with Crippen LogP contribution >= 0.6 is 11.3 Å². The molecule has 0 unspecified atom stereocenters. The molecule has 5 rings (SSSR count). The van der Waals surface area contributed by atoms with Gasteiger partial charge in [-0.2, -0.15) is 0 Å². The summed E-state index contributed by atoms with van der Waals surface area (Å²) in [7, 11) is 0. The molecule has 0 bridgehead atoms. The Labute approximate surface area is 191 Å². The molecule has 2 aromatic carbocycles. The third kappa shape index (κ3) is 4.29. The van der Waals surface area contributed by atoms with Crippen molar-refractivity contribution in [1.82, 2.24) is 14.9 Å². The van der Waals surface area contributed by atoms with E-state index in [0.717, 1.165) is 34.7 Å². The molecule has 1 amide bonds. The number of benzene rings is 2. The maximum atomic E-state index is 13.1. The zero-order valence-electron chi connectivity index (χ0n) is 17.9. The maximum absolute atomic E-state index is 13.1. The molecule has 162 valence electrons. The minimum Gasteiger partial charge on any atom is -0.489 e. The average molecular weight is 445 g/mol. The number of fused-ring (bicyclic) bond motifs is 1. The summed E-state index contributed by atoms with van der Waals surface area (Å²) in [6, 6.07) is 17.8. The summed E-state index contributed by atoms with van der Waals surface area (Å²) in [5, 5.41) is 3.12. The summed E-state index contributed by atoms with van der Waals surface area (Å²) < 4.78 is 5.94. The van der Waals surface area contributed by atoms with Crippen LogP contribution in [0.15, 0.2) is 66.3 Å². The second-order valence-electron chi connectivity index (χ2n) is 7.92. The molecule has 3 heterocycles. The Morgan fingerprint density at radius 3 is 2.72 bits per heavy atom. The van der Waals surface area contributed by atoms with Crippen LogP contribution in [0.25, 0.3) is 10.2 Å². The first kappa shape index (κ1) is 20.5. The zero-order valence-corrected chi connectivity index (χ0v) is 18.7. The lowest BCUT2D eigenvalue weighted by Crippen LogP contribution is -2.49. The van der Waals surface area contributed by atoms with E-state index in [1.807, 2.05) is 46.7 Å². The number of hydrogen-bond acceptors (Lipinski definition) is 6. The van der Waals surface area contributed by atoms with Crippen LogP contribution in [0.3, 0.4) is 0 Å². The number of aryl methyl sites for hydroxylation is 1. The van der Waals surface area contributed by atoms with Gasteiger partial charge < -0.3 is 14.5 Å². The Morgan fingerprint density at radius 1 is 1.03 bits per heavy atom. The summed E-state index contributed by atoms with van der Waals surface area (Å²) in [5.74, 6) is 1.70. The molecule has 0 spiro atoms. The number of piperazine rings is 1. The van der Waals surface area contributed by atoms with E-state index in [4.69, 9.17) is 4.74 Å². The molecule has 6 nitrogen and oxygen atoms in total. The van der Waals surface area contributed by atoms with Gasteiger partial charge in [0.1, 0.15) is 29.3 Å². The highest BCUT2D eigenvalue weighted by molar-refractivity contribution is 7.16. The molecule has 0 radical (unpaired) electrons. The summed E-state index contributed by atoms with van der Waals surface area (Å²) >= 11 is 1.62. The molecule has 1 fully saturated rings. The normalized spacial score (nSPS) is 14.0. The summed E-state index contributed by atoms with van der Waals surface area (Å²) in [4.78, 5) is 27.1. The minimum atomic E-state index is 0.0361. The van der Waals surface area contributed by atoms with E-state index >= 15 is 0 Å². The first-order valence-electron chi connectivity index (χ1n) is 10.7. The second kappa shape index (κ2) is 8.96. The minimum absolute atomic E-state index is 0.0361. The van der Waals surface area contributed by atoms with Gasteiger partial charge in [-0.15, -0.1) is 11.3 Å². The topological polar surface area (TPSA) is 58.6 Å². The molecule has 0 aliphatic carbocycles. The van der Waals surface area contributed by atoms with Gasteiger partial charge in [-0.3, -0.25) is 4.79 Å². The maximum Gasteiger partial charge on any atom is 0.254 e. The average Bonchev–Trinajstić information content (AvgIpc) is 3.32. The number of rotatable bonds is 5. The van der Waals surface area contributed by atoms with Crippen LogP contribution in [-0.4, -0.2) is 47.0 Å². The van der Waals surface area contributed by atoms with Crippen LogP contribution in [-0.2, 0) is 6.61 Å². The SMILES string of the molecule is Cc1cccc(COc2cccc(C(=O)N3CCN(c4ncnc5sccc45)CC3)c2)c1. The number of ether oxygens (including phenoxy) is 1. The summed E-state index contributed by atoms with van der Waals surface area (Å²) in [5.41, 5.74) is 2.97. The van der Waals surface area contributed by atoms with Crippen molar-refractivity contribution in [3.05, 3.63) is 83.0 Å². The van der Waals surface area contributed by atoms with E-state index < -0.39 is 0 Å². The van der Waals surface area contributed by atoms with E-state index in [9.17, 15) is 4.79 Å². The summed E-state index contributed by atoms with van der Waals surface area (Å²) in [6.45, 7) is 5.35. The highest BCUT2D eigenvalue weighted by Crippen LogP contribution is 2.27. The standard InChI is InChI=1S/C25H24N4O2S/c1-18-4-2-5-19(14-18)16-31-21-7-3-6-20(15-21)25(30)29-11-9-28(10-12-29)23-22-8-13-32-24(22)27-17-26-23/h2-8,13-15,17H,9-12,16H2,1H3. The molecule has 0 N–H and O–H groups in total. The lowest BCUT2D eigenvalue weighted by atomic mass is 10.1. The van der Waals surface area contributed by atoms with Crippen molar-refractivity contribution in [2.75, 3.05) is 31.1 Å². The Balaban J connectivity index is 1.22. The molecule has 1 saturated heterocycles. The second-order valence-corrected chi connectivity index (χ2v) is 8.82. The monoisotopic (exact) mass is 444 g/mol. The quantitative estimate of drug-likeness (QED) is 0.452. The Kier molecular flexibility index (Phi) is 5.73. The van der Waals surface area contributed by atoms with Crippen LogP contribution in [0.4, 0.5) is 5.82 Å². The molecular formula is C25H24N4O2S. The zero-order chi connectivity index (χ0) is 21.9. The molecule has 0 saturated carbocycles. The lowest BCUT2D eigenvalue weighted by molar-refractivity contribution is 0.0746. The Bertz CT molecular complexity index is 1250. The van der Waals surface area contributed by atoms with Crippen LogP contribution in [0.2, 0.25) is 0 Å². The van der Waals surface area contributed by atoms with Gasteiger partial charge in [0.05, 0.1) is 5.39 Å². The molecule has 1 aliphatic heterocycles. The molecule has 0 atom stereocenters. The van der Waals surface area contributed by atoms with Crippen molar-refractivity contribution in [2.45, 2.75) is 13.5 Å².